The van der Waals surface area contributed by atoms with Crippen LogP contribution in [0.15, 0.2) is 48.9 Å². The first-order valence-corrected chi connectivity index (χ1v) is 7.20. The van der Waals surface area contributed by atoms with Gasteiger partial charge in [0.2, 0.25) is 0 Å². The molecule has 21 heavy (non-hydrogen) atoms. The highest BCUT2D eigenvalue weighted by atomic mass is 15.0. The van der Waals surface area contributed by atoms with Crippen molar-refractivity contribution in [2.24, 2.45) is 0 Å². The highest BCUT2D eigenvalue weighted by Crippen LogP contribution is 2.29. The molecule has 4 nitrogen and oxygen atoms in total. The SMILES string of the molecule is Nc1ccc2ncc(-c3ccnc(C4=CCCC4)c3)n2c1. The van der Waals surface area contributed by atoms with Gasteiger partial charge in [-0.2, -0.15) is 0 Å². The Kier molecular flexibility index (Phi) is 2.74. The summed E-state index contributed by atoms with van der Waals surface area (Å²) in [4.78, 5) is 8.94. The number of hydrogen-bond donors (Lipinski definition) is 1. The summed E-state index contributed by atoms with van der Waals surface area (Å²) < 4.78 is 2.03. The van der Waals surface area contributed by atoms with E-state index in [4.69, 9.17) is 5.73 Å². The molecule has 0 aliphatic heterocycles. The number of hydrogen-bond acceptors (Lipinski definition) is 3. The van der Waals surface area contributed by atoms with Gasteiger partial charge in [0.1, 0.15) is 5.65 Å². The van der Waals surface area contributed by atoms with Crippen LogP contribution in [0, 0.1) is 0 Å². The number of allylic oxidation sites excluding steroid dienone is 2. The molecule has 0 saturated carbocycles. The van der Waals surface area contributed by atoms with Crippen LogP contribution in [0.3, 0.4) is 0 Å². The molecule has 3 aromatic rings. The van der Waals surface area contributed by atoms with Gasteiger partial charge in [-0.05, 0) is 49.1 Å². The minimum Gasteiger partial charge on any atom is -0.398 e. The van der Waals surface area contributed by atoms with Crippen molar-refractivity contribution in [3.8, 4) is 11.3 Å². The Balaban J connectivity index is 1.85. The van der Waals surface area contributed by atoms with Crippen molar-refractivity contribution in [1.82, 2.24) is 14.4 Å². The van der Waals surface area contributed by atoms with Crippen molar-refractivity contribution in [2.75, 3.05) is 5.73 Å². The summed E-state index contributed by atoms with van der Waals surface area (Å²) in [6.07, 6.45) is 11.5. The van der Waals surface area contributed by atoms with Crippen molar-refractivity contribution in [3.63, 3.8) is 0 Å². The topological polar surface area (TPSA) is 56.2 Å². The van der Waals surface area contributed by atoms with Crippen molar-refractivity contribution < 1.29 is 0 Å². The molecule has 0 spiro atoms. The van der Waals surface area contributed by atoms with E-state index < -0.39 is 0 Å². The Morgan fingerprint density at radius 3 is 2.95 bits per heavy atom. The number of nitrogens with two attached hydrogens (primary N) is 1. The van der Waals surface area contributed by atoms with Gasteiger partial charge in [0, 0.05) is 23.6 Å². The summed E-state index contributed by atoms with van der Waals surface area (Å²) in [7, 11) is 0. The molecule has 1 aliphatic carbocycles. The molecular formula is C17H16N4. The zero-order chi connectivity index (χ0) is 14.2. The fourth-order valence-corrected chi connectivity index (χ4v) is 2.88. The minimum absolute atomic E-state index is 0.731. The summed E-state index contributed by atoms with van der Waals surface area (Å²) in [5.41, 5.74) is 12.1. The van der Waals surface area contributed by atoms with Crippen LogP contribution in [0.5, 0.6) is 0 Å². The van der Waals surface area contributed by atoms with E-state index in [9.17, 15) is 0 Å². The average Bonchev–Trinajstić information content (AvgIpc) is 3.16. The van der Waals surface area contributed by atoms with E-state index in [1.807, 2.05) is 41.2 Å². The molecule has 0 atom stereocenters. The van der Waals surface area contributed by atoms with Crippen LogP contribution in [-0.2, 0) is 0 Å². The molecular weight excluding hydrogens is 260 g/mol. The van der Waals surface area contributed by atoms with Gasteiger partial charge in [0.05, 0.1) is 17.6 Å². The second kappa shape index (κ2) is 4.74. The summed E-state index contributed by atoms with van der Waals surface area (Å²) in [6, 6.07) is 7.96. The first-order valence-electron chi connectivity index (χ1n) is 7.20. The molecule has 4 heteroatoms. The maximum Gasteiger partial charge on any atom is 0.137 e. The summed E-state index contributed by atoms with van der Waals surface area (Å²) in [5, 5.41) is 0. The predicted molar refractivity (Wildman–Crippen MR) is 84.7 cm³/mol. The van der Waals surface area contributed by atoms with E-state index in [2.05, 4.69) is 22.1 Å². The van der Waals surface area contributed by atoms with Crippen molar-refractivity contribution in [2.45, 2.75) is 19.3 Å². The Hall–Kier alpha value is -2.62. The summed E-state index contributed by atoms with van der Waals surface area (Å²) in [5.74, 6) is 0. The van der Waals surface area contributed by atoms with E-state index in [1.165, 1.54) is 12.0 Å². The van der Waals surface area contributed by atoms with Crippen LogP contribution < -0.4 is 5.73 Å². The molecule has 2 N–H and O–H groups in total. The molecule has 1 aliphatic rings. The third-order valence-corrected chi connectivity index (χ3v) is 3.95. The van der Waals surface area contributed by atoms with Crippen LogP contribution >= 0.6 is 0 Å². The molecule has 3 aromatic heterocycles. The molecule has 0 aromatic carbocycles. The lowest BCUT2D eigenvalue weighted by Gasteiger charge is -2.06. The zero-order valence-corrected chi connectivity index (χ0v) is 11.7. The van der Waals surface area contributed by atoms with Gasteiger partial charge in [-0.3, -0.25) is 9.38 Å². The fraction of sp³-hybridized carbons (Fsp3) is 0.176. The smallest absolute Gasteiger partial charge is 0.137 e. The molecule has 0 bridgehead atoms. The van der Waals surface area contributed by atoms with E-state index in [0.717, 1.165) is 41.1 Å². The quantitative estimate of drug-likeness (QED) is 0.778. The van der Waals surface area contributed by atoms with Crippen LogP contribution in [0.2, 0.25) is 0 Å². The minimum atomic E-state index is 0.731. The number of imidazole rings is 1. The van der Waals surface area contributed by atoms with E-state index in [1.54, 1.807) is 0 Å². The van der Waals surface area contributed by atoms with E-state index >= 15 is 0 Å². The molecule has 4 rings (SSSR count). The van der Waals surface area contributed by atoms with Crippen molar-refractivity contribution in [3.05, 3.63) is 54.6 Å². The maximum atomic E-state index is 5.89. The first kappa shape index (κ1) is 12.1. The Bertz CT molecular complexity index is 845. The largest absolute Gasteiger partial charge is 0.398 e. The monoisotopic (exact) mass is 276 g/mol. The number of pyridine rings is 2. The number of aromatic nitrogens is 3. The zero-order valence-electron chi connectivity index (χ0n) is 11.7. The molecule has 0 fully saturated rings. The number of rotatable bonds is 2. The van der Waals surface area contributed by atoms with Gasteiger partial charge in [-0.15, -0.1) is 0 Å². The fourth-order valence-electron chi connectivity index (χ4n) is 2.88. The molecule has 0 amide bonds. The molecule has 3 heterocycles. The normalized spacial score (nSPS) is 14.6. The summed E-state index contributed by atoms with van der Waals surface area (Å²) >= 11 is 0. The van der Waals surface area contributed by atoms with Gasteiger partial charge >= 0.3 is 0 Å². The average molecular weight is 276 g/mol. The molecule has 0 unspecified atom stereocenters. The van der Waals surface area contributed by atoms with Gasteiger partial charge in [-0.25, -0.2) is 4.98 Å². The number of nitrogens with zero attached hydrogens (tertiary/aromatic N) is 3. The second-order valence-electron chi connectivity index (χ2n) is 5.39. The van der Waals surface area contributed by atoms with Crippen LogP contribution in [-0.4, -0.2) is 14.4 Å². The van der Waals surface area contributed by atoms with Gasteiger partial charge < -0.3 is 5.73 Å². The Morgan fingerprint density at radius 2 is 2.10 bits per heavy atom. The lowest BCUT2D eigenvalue weighted by molar-refractivity contribution is 0.933. The maximum absolute atomic E-state index is 5.89. The standard InChI is InChI=1S/C17H16N4/c18-14-5-6-17-20-10-16(21(17)11-14)13-7-8-19-15(9-13)12-3-1-2-4-12/h3,5-11H,1-2,4,18H2. The highest BCUT2D eigenvalue weighted by molar-refractivity contribution is 5.71. The van der Waals surface area contributed by atoms with Crippen LogP contribution in [0.25, 0.3) is 22.5 Å². The first-order chi connectivity index (χ1) is 10.3. The molecule has 104 valence electrons. The Labute approximate surface area is 123 Å². The highest BCUT2D eigenvalue weighted by Gasteiger charge is 2.11. The second-order valence-corrected chi connectivity index (χ2v) is 5.39. The van der Waals surface area contributed by atoms with Gasteiger partial charge in [0.25, 0.3) is 0 Å². The Morgan fingerprint density at radius 1 is 1.14 bits per heavy atom. The van der Waals surface area contributed by atoms with Crippen LogP contribution in [0.1, 0.15) is 25.0 Å². The molecule has 0 saturated heterocycles. The van der Waals surface area contributed by atoms with Crippen molar-refractivity contribution >= 4 is 16.9 Å². The number of fused-ring (bicyclic) bond motifs is 1. The van der Waals surface area contributed by atoms with E-state index in [-0.39, 0.29) is 0 Å². The predicted octanol–water partition coefficient (Wildman–Crippen LogP) is 3.55. The van der Waals surface area contributed by atoms with Gasteiger partial charge in [-0.1, -0.05) is 6.08 Å². The number of nitrogen functional groups attached to an aromatic ring is 1. The third kappa shape index (κ3) is 2.09. The molecule has 0 radical (unpaired) electrons. The lowest BCUT2D eigenvalue weighted by atomic mass is 10.1. The summed E-state index contributed by atoms with van der Waals surface area (Å²) in [6.45, 7) is 0. The number of anilines is 1. The van der Waals surface area contributed by atoms with Gasteiger partial charge in [0.15, 0.2) is 0 Å². The third-order valence-electron chi connectivity index (χ3n) is 3.95. The van der Waals surface area contributed by atoms with Crippen LogP contribution in [0.4, 0.5) is 5.69 Å². The van der Waals surface area contributed by atoms with E-state index in [0.29, 0.717) is 0 Å². The lowest BCUT2D eigenvalue weighted by Crippen LogP contribution is -1.94. The van der Waals surface area contributed by atoms with Crippen molar-refractivity contribution in [1.29, 1.82) is 0 Å².